The SMILES string of the molecule is CC(C)C1CC2OC(C)(C)OC2C1. The fourth-order valence-corrected chi connectivity index (χ4v) is 2.55. The molecule has 2 nitrogen and oxygen atoms in total. The van der Waals surface area contributed by atoms with Crippen molar-refractivity contribution in [1.82, 2.24) is 0 Å². The third-order valence-corrected chi connectivity index (χ3v) is 3.30. The quantitative estimate of drug-likeness (QED) is 0.623. The van der Waals surface area contributed by atoms with Crippen molar-refractivity contribution in [2.45, 2.75) is 58.5 Å². The Morgan fingerprint density at radius 3 is 1.92 bits per heavy atom. The number of fused-ring (bicyclic) bond motifs is 1. The van der Waals surface area contributed by atoms with Crippen molar-refractivity contribution in [2.24, 2.45) is 11.8 Å². The first-order valence-corrected chi connectivity index (χ1v) is 5.33. The molecule has 2 aliphatic rings. The van der Waals surface area contributed by atoms with Crippen molar-refractivity contribution < 1.29 is 9.47 Å². The standard InChI is InChI=1S/C11H20O2/c1-7(2)8-5-9-10(6-8)13-11(3,4)12-9/h7-10H,5-6H2,1-4H3. The monoisotopic (exact) mass is 184 g/mol. The zero-order valence-corrected chi connectivity index (χ0v) is 9.04. The molecule has 1 saturated carbocycles. The molecule has 0 aromatic heterocycles. The van der Waals surface area contributed by atoms with E-state index in [9.17, 15) is 0 Å². The molecule has 0 N–H and O–H groups in total. The molecule has 2 fully saturated rings. The number of rotatable bonds is 1. The summed E-state index contributed by atoms with van der Waals surface area (Å²) in [6.45, 7) is 8.60. The van der Waals surface area contributed by atoms with Crippen LogP contribution in [-0.2, 0) is 9.47 Å². The summed E-state index contributed by atoms with van der Waals surface area (Å²) in [4.78, 5) is 0. The van der Waals surface area contributed by atoms with E-state index < -0.39 is 0 Å². The van der Waals surface area contributed by atoms with Gasteiger partial charge in [0.05, 0.1) is 12.2 Å². The summed E-state index contributed by atoms with van der Waals surface area (Å²) >= 11 is 0. The minimum absolute atomic E-state index is 0.336. The van der Waals surface area contributed by atoms with Gasteiger partial charge in [0.25, 0.3) is 0 Å². The van der Waals surface area contributed by atoms with Crippen molar-refractivity contribution in [3.8, 4) is 0 Å². The summed E-state index contributed by atoms with van der Waals surface area (Å²) in [5.74, 6) is 1.23. The second-order valence-corrected chi connectivity index (χ2v) is 5.19. The highest BCUT2D eigenvalue weighted by Crippen LogP contribution is 2.43. The molecule has 13 heavy (non-hydrogen) atoms. The largest absolute Gasteiger partial charge is 0.345 e. The molecule has 0 radical (unpaired) electrons. The van der Waals surface area contributed by atoms with Gasteiger partial charge < -0.3 is 9.47 Å². The van der Waals surface area contributed by atoms with Gasteiger partial charge in [-0.25, -0.2) is 0 Å². The van der Waals surface area contributed by atoms with Gasteiger partial charge in [-0.15, -0.1) is 0 Å². The second kappa shape index (κ2) is 2.96. The lowest BCUT2D eigenvalue weighted by Gasteiger charge is -2.21. The van der Waals surface area contributed by atoms with E-state index in [1.165, 1.54) is 12.8 Å². The molecule has 0 aromatic rings. The molecule has 0 spiro atoms. The third-order valence-electron chi connectivity index (χ3n) is 3.30. The molecule has 2 unspecified atom stereocenters. The van der Waals surface area contributed by atoms with Crippen LogP contribution in [0.3, 0.4) is 0 Å². The Kier molecular flexibility index (Phi) is 2.16. The molecular formula is C11H20O2. The highest BCUT2D eigenvalue weighted by Gasteiger charge is 2.47. The molecule has 2 heteroatoms. The van der Waals surface area contributed by atoms with Crippen LogP contribution in [0.15, 0.2) is 0 Å². The van der Waals surface area contributed by atoms with E-state index in [4.69, 9.17) is 9.47 Å². The maximum absolute atomic E-state index is 5.83. The molecule has 2 rings (SSSR count). The Morgan fingerprint density at radius 2 is 1.54 bits per heavy atom. The van der Waals surface area contributed by atoms with Crippen LogP contribution in [-0.4, -0.2) is 18.0 Å². The Labute approximate surface area is 80.6 Å². The Morgan fingerprint density at radius 1 is 1.08 bits per heavy atom. The maximum Gasteiger partial charge on any atom is 0.163 e. The molecule has 0 bridgehead atoms. The van der Waals surface area contributed by atoms with Crippen LogP contribution in [0.1, 0.15) is 40.5 Å². The van der Waals surface area contributed by atoms with Crippen molar-refractivity contribution in [3.63, 3.8) is 0 Å². The van der Waals surface area contributed by atoms with E-state index >= 15 is 0 Å². The molecule has 1 aliphatic heterocycles. The van der Waals surface area contributed by atoms with E-state index in [-0.39, 0.29) is 5.79 Å². The van der Waals surface area contributed by atoms with Gasteiger partial charge in [0.15, 0.2) is 5.79 Å². The van der Waals surface area contributed by atoms with Crippen molar-refractivity contribution in [2.75, 3.05) is 0 Å². The molecular weight excluding hydrogens is 164 g/mol. The van der Waals surface area contributed by atoms with Crippen LogP contribution >= 0.6 is 0 Å². The van der Waals surface area contributed by atoms with Gasteiger partial charge >= 0.3 is 0 Å². The first kappa shape index (κ1) is 9.47. The van der Waals surface area contributed by atoms with Crippen LogP contribution in [0.4, 0.5) is 0 Å². The predicted molar refractivity (Wildman–Crippen MR) is 51.4 cm³/mol. The maximum atomic E-state index is 5.83. The highest BCUT2D eigenvalue weighted by molar-refractivity contribution is 4.92. The summed E-state index contributed by atoms with van der Waals surface area (Å²) in [7, 11) is 0. The molecule has 0 aromatic carbocycles. The van der Waals surface area contributed by atoms with E-state index in [0.717, 1.165) is 11.8 Å². The molecule has 1 aliphatic carbocycles. The fourth-order valence-electron chi connectivity index (χ4n) is 2.55. The van der Waals surface area contributed by atoms with Crippen molar-refractivity contribution in [1.29, 1.82) is 0 Å². The molecule has 76 valence electrons. The zero-order chi connectivity index (χ0) is 9.64. The van der Waals surface area contributed by atoms with E-state index in [1.807, 2.05) is 13.8 Å². The summed E-state index contributed by atoms with van der Waals surface area (Å²) < 4.78 is 11.7. The van der Waals surface area contributed by atoms with Crippen LogP contribution in [0.25, 0.3) is 0 Å². The van der Waals surface area contributed by atoms with Gasteiger partial charge in [0.2, 0.25) is 0 Å². The topological polar surface area (TPSA) is 18.5 Å². The first-order chi connectivity index (χ1) is 5.98. The highest BCUT2D eigenvalue weighted by atomic mass is 16.8. The average molecular weight is 184 g/mol. The normalized spacial score (nSPS) is 42.7. The van der Waals surface area contributed by atoms with Gasteiger partial charge in [-0.1, -0.05) is 13.8 Å². The molecule has 1 heterocycles. The van der Waals surface area contributed by atoms with E-state index in [1.54, 1.807) is 0 Å². The average Bonchev–Trinajstić information content (AvgIpc) is 2.39. The Hall–Kier alpha value is -0.0800. The predicted octanol–water partition coefficient (Wildman–Crippen LogP) is 2.57. The van der Waals surface area contributed by atoms with Crippen LogP contribution in [0, 0.1) is 11.8 Å². The lowest BCUT2D eigenvalue weighted by molar-refractivity contribution is -0.154. The zero-order valence-electron chi connectivity index (χ0n) is 9.04. The van der Waals surface area contributed by atoms with Gasteiger partial charge in [-0.3, -0.25) is 0 Å². The fraction of sp³-hybridized carbons (Fsp3) is 1.00. The number of hydrogen-bond donors (Lipinski definition) is 0. The smallest absolute Gasteiger partial charge is 0.163 e. The van der Waals surface area contributed by atoms with Crippen molar-refractivity contribution in [3.05, 3.63) is 0 Å². The summed E-state index contributed by atoms with van der Waals surface area (Å²) in [6, 6.07) is 0. The minimum Gasteiger partial charge on any atom is -0.345 e. The van der Waals surface area contributed by atoms with Crippen LogP contribution < -0.4 is 0 Å². The summed E-state index contributed by atoms with van der Waals surface area (Å²) in [5.41, 5.74) is 0. The minimum atomic E-state index is -0.336. The lowest BCUT2D eigenvalue weighted by Crippen LogP contribution is -2.23. The Balaban J connectivity index is 1.97. The summed E-state index contributed by atoms with van der Waals surface area (Å²) in [5, 5.41) is 0. The van der Waals surface area contributed by atoms with Gasteiger partial charge in [-0.2, -0.15) is 0 Å². The lowest BCUT2D eigenvalue weighted by atomic mass is 9.94. The first-order valence-electron chi connectivity index (χ1n) is 5.33. The van der Waals surface area contributed by atoms with Gasteiger partial charge in [-0.05, 0) is 38.5 Å². The molecule has 1 saturated heterocycles. The van der Waals surface area contributed by atoms with Crippen molar-refractivity contribution >= 4 is 0 Å². The van der Waals surface area contributed by atoms with E-state index in [0.29, 0.717) is 12.2 Å². The van der Waals surface area contributed by atoms with Crippen LogP contribution in [0.5, 0.6) is 0 Å². The van der Waals surface area contributed by atoms with Crippen LogP contribution in [0.2, 0.25) is 0 Å². The molecule has 0 amide bonds. The third kappa shape index (κ3) is 1.75. The molecule has 2 atom stereocenters. The summed E-state index contributed by atoms with van der Waals surface area (Å²) in [6.07, 6.45) is 3.10. The Bertz CT molecular complexity index is 182. The van der Waals surface area contributed by atoms with Gasteiger partial charge in [0, 0.05) is 0 Å². The van der Waals surface area contributed by atoms with E-state index in [2.05, 4.69) is 13.8 Å². The number of ether oxygens (including phenoxy) is 2. The number of hydrogen-bond acceptors (Lipinski definition) is 2. The second-order valence-electron chi connectivity index (χ2n) is 5.19. The van der Waals surface area contributed by atoms with Gasteiger partial charge in [0.1, 0.15) is 0 Å².